The Morgan fingerprint density at radius 2 is 2.17 bits per heavy atom. The molecule has 1 aliphatic heterocycles. The summed E-state index contributed by atoms with van der Waals surface area (Å²) in [5.74, 6) is 2.68. The van der Waals surface area contributed by atoms with Crippen LogP contribution in [-0.2, 0) is 4.79 Å². The Hall–Kier alpha value is -2.24. The van der Waals surface area contributed by atoms with E-state index >= 15 is 0 Å². The average molecular weight is 318 g/mol. The molecule has 1 amide bonds. The highest BCUT2D eigenvalue weighted by Gasteiger charge is 2.29. The number of carbonyl (C=O) groups excluding carboxylic acids is 1. The van der Waals surface area contributed by atoms with Crippen LogP contribution in [0.3, 0.4) is 0 Å². The van der Waals surface area contributed by atoms with E-state index in [0.717, 1.165) is 43.7 Å². The van der Waals surface area contributed by atoms with Gasteiger partial charge in [0, 0.05) is 12.6 Å². The smallest absolute Gasteiger partial charge is 0.261 e. The minimum absolute atomic E-state index is 0.0126. The lowest BCUT2D eigenvalue weighted by molar-refractivity contribution is -0.136. The second-order valence-electron chi connectivity index (χ2n) is 5.97. The van der Waals surface area contributed by atoms with Crippen molar-refractivity contribution in [2.24, 2.45) is 0 Å². The van der Waals surface area contributed by atoms with Gasteiger partial charge in [-0.15, -0.1) is 0 Å². The Morgan fingerprint density at radius 1 is 1.30 bits per heavy atom. The maximum atomic E-state index is 12.6. The van der Waals surface area contributed by atoms with Gasteiger partial charge in [0.25, 0.3) is 11.8 Å². The van der Waals surface area contributed by atoms with Crippen molar-refractivity contribution in [3.05, 3.63) is 35.5 Å². The van der Waals surface area contributed by atoms with Gasteiger partial charge in [-0.2, -0.15) is 0 Å². The molecule has 0 spiro atoms. The van der Waals surface area contributed by atoms with Gasteiger partial charge in [-0.3, -0.25) is 4.79 Å². The Morgan fingerprint density at radius 3 is 2.87 bits per heavy atom. The van der Waals surface area contributed by atoms with Gasteiger partial charge in [-0.25, -0.2) is 0 Å². The largest absolute Gasteiger partial charge is 0.465 e. The lowest BCUT2D eigenvalue weighted by Crippen LogP contribution is -2.37. The Bertz CT molecular complexity index is 661. The number of hydrogen-bond acceptors (Lipinski definition) is 5. The lowest BCUT2D eigenvalue weighted by Gasteiger charge is -2.28. The number of aromatic nitrogens is 1. The minimum Gasteiger partial charge on any atom is -0.465 e. The predicted molar refractivity (Wildman–Crippen MR) is 83.1 cm³/mol. The highest BCUT2D eigenvalue weighted by molar-refractivity contribution is 5.78. The molecule has 0 aromatic carbocycles. The summed E-state index contributed by atoms with van der Waals surface area (Å²) in [6.07, 6.45) is 4.15. The molecule has 23 heavy (non-hydrogen) atoms. The van der Waals surface area contributed by atoms with E-state index in [4.69, 9.17) is 13.7 Å². The van der Waals surface area contributed by atoms with Crippen LogP contribution in [0.15, 0.2) is 27.1 Å². The van der Waals surface area contributed by atoms with Crippen LogP contribution < -0.4 is 4.74 Å². The second-order valence-corrected chi connectivity index (χ2v) is 5.97. The summed E-state index contributed by atoms with van der Waals surface area (Å²) in [6, 6.07) is 5.56. The number of carbonyl (C=O) groups is 1. The van der Waals surface area contributed by atoms with E-state index in [1.165, 1.54) is 0 Å². The summed E-state index contributed by atoms with van der Waals surface area (Å²) < 4.78 is 16.1. The first kappa shape index (κ1) is 15.6. The van der Waals surface area contributed by atoms with Crippen molar-refractivity contribution in [1.82, 2.24) is 10.1 Å². The number of furan rings is 1. The third-order valence-electron chi connectivity index (χ3n) is 4.11. The van der Waals surface area contributed by atoms with Crippen LogP contribution in [0.5, 0.6) is 5.88 Å². The van der Waals surface area contributed by atoms with Crippen molar-refractivity contribution >= 4 is 5.91 Å². The van der Waals surface area contributed by atoms with Crippen molar-refractivity contribution in [2.75, 3.05) is 13.2 Å². The van der Waals surface area contributed by atoms with Gasteiger partial charge < -0.3 is 18.6 Å². The fourth-order valence-corrected chi connectivity index (χ4v) is 2.97. The zero-order valence-electron chi connectivity index (χ0n) is 13.6. The SMILES string of the molecule is Cc1cc(OCC(=O)N2CCCCC[C@@H]2c2ccc(C)o2)no1. The summed E-state index contributed by atoms with van der Waals surface area (Å²) in [5, 5.41) is 3.75. The van der Waals surface area contributed by atoms with Gasteiger partial charge in [0.15, 0.2) is 6.61 Å². The molecule has 0 aliphatic carbocycles. The highest BCUT2D eigenvalue weighted by atomic mass is 16.5. The maximum Gasteiger partial charge on any atom is 0.261 e. The molecule has 0 radical (unpaired) electrons. The van der Waals surface area contributed by atoms with Gasteiger partial charge in [0.05, 0.1) is 6.04 Å². The standard InChI is InChI=1S/C17H22N2O4/c1-12-7-8-15(22-12)14-6-4-3-5-9-19(14)17(20)11-21-16-10-13(2)23-18-16/h7-8,10,14H,3-6,9,11H2,1-2H3/t14-/m1/s1. The zero-order valence-corrected chi connectivity index (χ0v) is 13.6. The number of hydrogen-bond donors (Lipinski definition) is 0. The quantitative estimate of drug-likeness (QED) is 0.864. The number of amides is 1. The van der Waals surface area contributed by atoms with E-state index in [0.29, 0.717) is 11.6 Å². The number of nitrogens with zero attached hydrogens (tertiary/aromatic N) is 2. The van der Waals surface area contributed by atoms with Gasteiger partial charge in [0.1, 0.15) is 17.3 Å². The first-order valence-electron chi connectivity index (χ1n) is 8.05. The molecule has 2 aromatic heterocycles. The van der Waals surface area contributed by atoms with Crippen LogP contribution in [0.1, 0.15) is 49.0 Å². The first-order chi connectivity index (χ1) is 11.1. The van der Waals surface area contributed by atoms with Gasteiger partial charge in [0.2, 0.25) is 0 Å². The van der Waals surface area contributed by atoms with Crippen LogP contribution >= 0.6 is 0 Å². The average Bonchev–Trinajstić information content (AvgIpc) is 3.06. The van der Waals surface area contributed by atoms with Gasteiger partial charge in [-0.1, -0.05) is 12.8 Å². The summed E-state index contributed by atoms with van der Waals surface area (Å²) in [7, 11) is 0. The zero-order chi connectivity index (χ0) is 16.2. The lowest BCUT2D eigenvalue weighted by atomic mass is 10.1. The first-order valence-corrected chi connectivity index (χ1v) is 8.05. The second kappa shape index (κ2) is 6.89. The molecule has 2 aromatic rings. The summed E-state index contributed by atoms with van der Waals surface area (Å²) >= 11 is 0. The van der Waals surface area contributed by atoms with Crippen molar-refractivity contribution in [2.45, 2.75) is 45.6 Å². The van der Waals surface area contributed by atoms with Crippen molar-refractivity contribution in [3.8, 4) is 5.88 Å². The third-order valence-corrected chi connectivity index (χ3v) is 4.11. The predicted octanol–water partition coefficient (Wildman–Crippen LogP) is 3.41. The molecular weight excluding hydrogens is 296 g/mol. The van der Waals surface area contributed by atoms with E-state index in [-0.39, 0.29) is 18.6 Å². The topological polar surface area (TPSA) is 68.7 Å². The van der Waals surface area contributed by atoms with Crippen LogP contribution in [0.2, 0.25) is 0 Å². The molecule has 1 fully saturated rings. The van der Waals surface area contributed by atoms with Gasteiger partial charge in [-0.05, 0) is 44.0 Å². The van der Waals surface area contributed by atoms with E-state index in [1.807, 2.05) is 24.0 Å². The van der Waals surface area contributed by atoms with E-state index in [9.17, 15) is 4.79 Å². The molecule has 3 rings (SSSR count). The van der Waals surface area contributed by atoms with Crippen molar-refractivity contribution in [1.29, 1.82) is 0 Å². The molecule has 0 unspecified atom stereocenters. The molecule has 1 saturated heterocycles. The molecule has 0 N–H and O–H groups in total. The number of ether oxygens (including phenoxy) is 1. The molecular formula is C17H22N2O4. The molecule has 124 valence electrons. The Labute approximate surface area is 135 Å². The molecule has 6 nitrogen and oxygen atoms in total. The van der Waals surface area contributed by atoms with Crippen LogP contribution in [0.25, 0.3) is 0 Å². The van der Waals surface area contributed by atoms with Gasteiger partial charge >= 0.3 is 0 Å². The molecule has 6 heteroatoms. The van der Waals surface area contributed by atoms with Crippen LogP contribution in [-0.4, -0.2) is 29.1 Å². The van der Waals surface area contributed by atoms with Crippen LogP contribution in [0, 0.1) is 13.8 Å². The third kappa shape index (κ3) is 3.75. The molecule has 1 atom stereocenters. The van der Waals surface area contributed by atoms with E-state index in [2.05, 4.69) is 5.16 Å². The molecule has 0 bridgehead atoms. The van der Waals surface area contributed by atoms with E-state index in [1.54, 1.807) is 13.0 Å². The summed E-state index contributed by atoms with van der Waals surface area (Å²) in [6.45, 7) is 4.39. The Balaban J connectivity index is 1.69. The molecule has 1 aliphatic rings. The summed E-state index contributed by atoms with van der Waals surface area (Å²) in [4.78, 5) is 14.5. The number of likely N-dealkylation sites (tertiary alicyclic amines) is 1. The van der Waals surface area contributed by atoms with Crippen molar-refractivity contribution in [3.63, 3.8) is 0 Å². The number of aryl methyl sites for hydroxylation is 2. The highest BCUT2D eigenvalue weighted by Crippen LogP contribution is 2.31. The summed E-state index contributed by atoms with van der Waals surface area (Å²) in [5.41, 5.74) is 0. The van der Waals surface area contributed by atoms with Crippen LogP contribution in [0.4, 0.5) is 0 Å². The Kier molecular flexibility index (Phi) is 4.69. The minimum atomic E-state index is -0.0494. The monoisotopic (exact) mass is 318 g/mol. The van der Waals surface area contributed by atoms with Crippen molar-refractivity contribution < 1.29 is 18.5 Å². The fourth-order valence-electron chi connectivity index (χ4n) is 2.97. The van der Waals surface area contributed by atoms with E-state index < -0.39 is 0 Å². The fraction of sp³-hybridized carbons (Fsp3) is 0.529. The molecule has 0 saturated carbocycles. The maximum absolute atomic E-state index is 12.6. The normalized spacial score (nSPS) is 18.7. The number of rotatable bonds is 4. The molecule has 3 heterocycles.